The largest absolute Gasteiger partial charge is 0.481 e. The van der Waals surface area contributed by atoms with E-state index in [1.165, 1.54) is 0 Å². The van der Waals surface area contributed by atoms with Crippen molar-refractivity contribution in [3.8, 4) is 0 Å². The van der Waals surface area contributed by atoms with Crippen molar-refractivity contribution in [3.63, 3.8) is 0 Å². The number of aliphatic carboxylic acids is 1. The molecule has 1 rings (SSSR count). The van der Waals surface area contributed by atoms with Crippen LogP contribution in [0.25, 0.3) is 0 Å². The van der Waals surface area contributed by atoms with Crippen LogP contribution in [-0.4, -0.2) is 21.3 Å². The summed E-state index contributed by atoms with van der Waals surface area (Å²) >= 11 is 0. The lowest BCUT2D eigenvalue weighted by molar-refractivity contribution is -0.137. The predicted octanol–water partition coefficient (Wildman–Crippen LogP) is 0.274. The van der Waals surface area contributed by atoms with Gasteiger partial charge in [-0.1, -0.05) is 0 Å². The van der Waals surface area contributed by atoms with E-state index in [1.807, 2.05) is 0 Å². The highest BCUT2D eigenvalue weighted by Crippen LogP contribution is 2.12. The van der Waals surface area contributed by atoms with Gasteiger partial charge >= 0.3 is 5.97 Å². The molecule has 0 bridgehead atoms. The zero-order chi connectivity index (χ0) is 8.97. The maximum Gasteiger partial charge on any atom is 0.303 e. The number of carboxylic acid groups (broad SMARTS) is 1. The van der Waals surface area contributed by atoms with E-state index in [2.05, 4.69) is 10.2 Å². The first kappa shape index (κ1) is 8.73. The minimum absolute atomic E-state index is 0.0896. The van der Waals surface area contributed by atoms with Crippen LogP contribution in [0.3, 0.4) is 0 Å². The standard InChI is InChI=1S/C7H11N3O2/c8-6(1-2-7(11)12)5-3-9-10-4-5/h3-4,6H,1-2,8H2,(H,9,10)(H,11,12). The number of hydrogen-bond donors (Lipinski definition) is 3. The minimum atomic E-state index is -0.825. The molecule has 0 aliphatic carbocycles. The van der Waals surface area contributed by atoms with Crippen LogP contribution in [-0.2, 0) is 4.79 Å². The van der Waals surface area contributed by atoms with Crippen molar-refractivity contribution in [2.75, 3.05) is 0 Å². The monoisotopic (exact) mass is 169 g/mol. The van der Waals surface area contributed by atoms with E-state index in [4.69, 9.17) is 10.8 Å². The lowest BCUT2D eigenvalue weighted by atomic mass is 10.1. The number of carbonyl (C=O) groups is 1. The summed E-state index contributed by atoms with van der Waals surface area (Å²) in [7, 11) is 0. The highest BCUT2D eigenvalue weighted by atomic mass is 16.4. The molecule has 0 spiro atoms. The van der Waals surface area contributed by atoms with E-state index in [0.29, 0.717) is 6.42 Å². The Morgan fingerprint density at radius 1 is 1.83 bits per heavy atom. The Morgan fingerprint density at radius 3 is 3.08 bits per heavy atom. The molecule has 5 nitrogen and oxygen atoms in total. The summed E-state index contributed by atoms with van der Waals surface area (Å²) in [5.74, 6) is -0.825. The van der Waals surface area contributed by atoms with Crippen LogP contribution in [0.15, 0.2) is 12.4 Å². The van der Waals surface area contributed by atoms with Crippen molar-refractivity contribution in [2.45, 2.75) is 18.9 Å². The van der Waals surface area contributed by atoms with Gasteiger partial charge in [-0.2, -0.15) is 5.10 Å². The second-order valence-electron chi connectivity index (χ2n) is 2.57. The van der Waals surface area contributed by atoms with Gasteiger partial charge in [-0.15, -0.1) is 0 Å². The Morgan fingerprint density at radius 2 is 2.58 bits per heavy atom. The second-order valence-corrected chi connectivity index (χ2v) is 2.57. The first-order valence-electron chi connectivity index (χ1n) is 3.66. The van der Waals surface area contributed by atoms with Crippen LogP contribution in [0, 0.1) is 0 Å². The van der Waals surface area contributed by atoms with Gasteiger partial charge in [0.1, 0.15) is 0 Å². The van der Waals surface area contributed by atoms with E-state index in [9.17, 15) is 4.79 Å². The topological polar surface area (TPSA) is 92.0 Å². The average molecular weight is 169 g/mol. The fraction of sp³-hybridized carbons (Fsp3) is 0.429. The molecule has 1 heterocycles. The number of nitrogens with two attached hydrogens (primary N) is 1. The SMILES string of the molecule is NC(CCC(=O)O)c1cn[nH]c1. The highest BCUT2D eigenvalue weighted by molar-refractivity contribution is 5.66. The molecule has 1 atom stereocenters. The van der Waals surface area contributed by atoms with Gasteiger partial charge in [0.05, 0.1) is 6.20 Å². The summed E-state index contributed by atoms with van der Waals surface area (Å²) < 4.78 is 0. The molecule has 0 aliphatic heterocycles. The van der Waals surface area contributed by atoms with E-state index >= 15 is 0 Å². The fourth-order valence-corrected chi connectivity index (χ4v) is 0.909. The average Bonchev–Trinajstić information content (AvgIpc) is 2.51. The number of hydrogen-bond acceptors (Lipinski definition) is 3. The Kier molecular flexibility index (Phi) is 2.82. The smallest absolute Gasteiger partial charge is 0.303 e. The molecular formula is C7H11N3O2. The van der Waals surface area contributed by atoms with Crippen LogP contribution in [0.4, 0.5) is 0 Å². The molecule has 1 unspecified atom stereocenters. The van der Waals surface area contributed by atoms with Gasteiger partial charge in [0.2, 0.25) is 0 Å². The van der Waals surface area contributed by atoms with Gasteiger partial charge in [0.25, 0.3) is 0 Å². The minimum Gasteiger partial charge on any atom is -0.481 e. The molecule has 0 saturated heterocycles. The molecule has 1 aromatic heterocycles. The summed E-state index contributed by atoms with van der Waals surface area (Å²) in [6.07, 6.45) is 3.81. The Bertz CT molecular complexity index is 245. The molecule has 0 aromatic carbocycles. The van der Waals surface area contributed by atoms with Crippen LogP contribution in [0.5, 0.6) is 0 Å². The van der Waals surface area contributed by atoms with Gasteiger partial charge in [0, 0.05) is 24.2 Å². The third-order valence-electron chi connectivity index (χ3n) is 1.62. The van der Waals surface area contributed by atoms with E-state index in [-0.39, 0.29) is 12.5 Å². The van der Waals surface area contributed by atoms with E-state index in [1.54, 1.807) is 12.4 Å². The zero-order valence-electron chi connectivity index (χ0n) is 6.53. The molecular weight excluding hydrogens is 158 g/mol. The number of carboxylic acids is 1. The van der Waals surface area contributed by atoms with Crippen molar-refractivity contribution in [1.29, 1.82) is 0 Å². The van der Waals surface area contributed by atoms with Crippen molar-refractivity contribution in [2.24, 2.45) is 5.73 Å². The summed E-state index contributed by atoms with van der Waals surface area (Å²) in [4.78, 5) is 10.2. The Balaban J connectivity index is 2.39. The molecule has 12 heavy (non-hydrogen) atoms. The Hall–Kier alpha value is -1.36. The Labute approximate surface area is 69.6 Å². The van der Waals surface area contributed by atoms with Crippen LogP contribution in [0.1, 0.15) is 24.4 Å². The first-order valence-corrected chi connectivity index (χ1v) is 3.66. The van der Waals surface area contributed by atoms with E-state index in [0.717, 1.165) is 5.56 Å². The van der Waals surface area contributed by atoms with Crippen molar-refractivity contribution >= 4 is 5.97 Å². The van der Waals surface area contributed by atoms with Crippen molar-refractivity contribution in [3.05, 3.63) is 18.0 Å². The molecule has 0 saturated carbocycles. The van der Waals surface area contributed by atoms with Gasteiger partial charge < -0.3 is 10.8 Å². The third-order valence-corrected chi connectivity index (χ3v) is 1.62. The van der Waals surface area contributed by atoms with Crippen molar-refractivity contribution in [1.82, 2.24) is 10.2 Å². The number of nitrogens with one attached hydrogen (secondary N) is 1. The van der Waals surface area contributed by atoms with Gasteiger partial charge in [-0.05, 0) is 6.42 Å². The van der Waals surface area contributed by atoms with Crippen LogP contribution >= 0.6 is 0 Å². The molecule has 4 N–H and O–H groups in total. The number of nitrogens with zero attached hydrogens (tertiary/aromatic N) is 1. The summed E-state index contributed by atoms with van der Waals surface area (Å²) in [5.41, 5.74) is 6.51. The van der Waals surface area contributed by atoms with Gasteiger partial charge in [-0.25, -0.2) is 0 Å². The van der Waals surface area contributed by atoms with Crippen molar-refractivity contribution < 1.29 is 9.90 Å². The fourth-order valence-electron chi connectivity index (χ4n) is 0.909. The van der Waals surface area contributed by atoms with Crippen LogP contribution in [0.2, 0.25) is 0 Å². The maximum atomic E-state index is 10.2. The zero-order valence-corrected chi connectivity index (χ0v) is 6.53. The number of aromatic amines is 1. The quantitative estimate of drug-likeness (QED) is 0.603. The van der Waals surface area contributed by atoms with Gasteiger partial charge in [-0.3, -0.25) is 9.89 Å². The lowest BCUT2D eigenvalue weighted by Gasteiger charge is -2.05. The normalized spacial score (nSPS) is 12.8. The molecule has 66 valence electrons. The molecule has 1 aromatic rings. The summed E-state index contributed by atoms with van der Waals surface area (Å²) in [5, 5.41) is 14.7. The lowest BCUT2D eigenvalue weighted by Crippen LogP contribution is -2.11. The van der Waals surface area contributed by atoms with Crippen LogP contribution < -0.4 is 5.73 Å². The number of aromatic nitrogens is 2. The summed E-state index contributed by atoms with van der Waals surface area (Å²) in [6.45, 7) is 0. The molecule has 0 aliphatic rings. The molecule has 0 fully saturated rings. The second kappa shape index (κ2) is 3.87. The number of H-pyrrole nitrogens is 1. The molecule has 0 amide bonds. The van der Waals surface area contributed by atoms with E-state index < -0.39 is 5.97 Å². The molecule has 5 heteroatoms. The third kappa shape index (κ3) is 2.35. The molecule has 0 radical (unpaired) electrons. The highest BCUT2D eigenvalue weighted by Gasteiger charge is 2.08. The number of rotatable bonds is 4. The predicted molar refractivity (Wildman–Crippen MR) is 42.4 cm³/mol. The van der Waals surface area contributed by atoms with Gasteiger partial charge in [0.15, 0.2) is 0 Å². The summed E-state index contributed by atoms with van der Waals surface area (Å²) in [6, 6.07) is -0.236. The maximum absolute atomic E-state index is 10.2. The first-order chi connectivity index (χ1) is 5.70.